The Kier molecular flexibility index (Phi) is 3.71. The Morgan fingerprint density at radius 2 is 2.11 bits per heavy atom. The van der Waals surface area contributed by atoms with E-state index in [1.807, 2.05) is 26.0 Å². The van der Waals surface area contributed by atoms with E-state index in [0.717, 1.165) is 16.3 Å². The molecule has 0 aromatic carbocycles. The molecule has 2 aromatic heterocycles. The van der Waals surface area contributed by atoms with Crippen LogP contribution < -0.4 is 5.73 Å². The van der Waals surface area contributed by atoms with E-state index in [-0.39, 0.29) is 11.3 Å². The van der Waals surface area contributed by atoms with E-state index < -0.39 is 5.97 Å². The summed E-state index contributed by atoms with van der Waals surface area (Å²) in [6.45, 7) is 3.88. The summed E-state index contributed by atoms with van der Waals surface area (Å²) >= 11 is 1.26. The van der Waals surface area contributed by atoms with Crippen LogP contribution >= 0.6 is 11.8 Å². The van der Waals surface area contributed by atoms with E-state index in [0.29, 0.717) is 5.03 Å². The average molecular weight is 275 g/mol. The van der Waals surface area contributed by atoms with Crippen molar-refractivity contribution in [3.63, 3.8) is 0 Å². The van der Waals surface area contributed by atoms with Crippen molar-refractivity contribution in [1.29, 1.82) is 0 Å². The van der Waals surface area contributed by atoms with Gasteiger partial charge in [0.25, 0.3) is 0 Å². The summed E-state index contributed by atoms with van der Waals surface area (Å²) in [6.07, 6.45) is 1.44. The second-order valence-electron chi connectivity index (χ2n) is 4.11. The van der Waals surface area contributed by atoms with Crippen LogP contribution in [0.15, 0.2) is 34.4 Å². The fourth-order valence-electron chi connectivity index (χ4n) is 1.68. The van der Waals surface area contributed by atoms with Crippen molar-refractivity contribution in [1.82, 2.24) is 9.97 Å². The molecule has 2 heterocycles. The smallest absolute Gasteiger partial charge is 0.337 e. The van der Waals surface area contributed by atoms with E-state index in [1.54, 1.807) is 0 Å². The number of carboxylic acid groups (broad SMARTS) is 1. The summed E-state index contributed by atoms with van der Waals surface area (Å²) in [5, 5.41) is 10.2. The maximum atomic E-state index is 11.0. The zero-order valence-corrected chi connectivity index (χ0v) is 11.4. The number of aryl methyl sites for hydroxylation is 2. The molecule has 0 aliphatic rings. The highest BCUT2D eigenvalue weighted by Crippen LogP contribution is 2.31. The maximum absolute atomic E-state index is 11.0. The molecule has 0 aliphatic carbocycles. The summed E-state index contributed by atoms with van der Waals surface area (Å²) in [4.78, 5) is 19.5. The van der Waals surface area contributed by atoms with Crippen LogP contribution in [0.25, 0.3) is 0 Å². The molecule has 0 saturated heterocycles. The molecule has 6 heteroatoms. The molecular formula is C13H13N3O2S. The van der Waals surface area contributed by atoms with Gasteiger partial charge in [0.15, 0.2) is 0 Å². The fraction of sp³-hybridized carbons (Fsp3) is 0.154. The Labute approximate surface area is 114 Å². The van der Waals surface area contributed by atoms with Crippen molar-refractivity contribution >= 4 is 23.4 Å². The molecule has 0 fully saturated rings. The quantitative estimate of drug-likeness (QED) is 0.894. The molecule has 5 nitrogen and oxygen atoms in total. The zero-order chi connectivity index (χ0) is 14.0. The van der Waals surface area contributed by atoms with Gasteiger partial charge < -0.3 is 10.8 Å². The minimum Gasteiger partial charge on any atom is -0.478 e. The van der Waals surface area contributed by atoms with Crippen molar-refractivity contribution in [3.05, 3.63) is 41.2 Å². The summed E-state index contributed by atoms with van der Waals surface area (Å²) in [5.41, 5.74) is 8.03. The van der Waals surface area contributed by atoms with Crippen LogP contribution in [-0.4, -0.2) is 21.0 Å². The first kappa shape index (κ1) is 13.4. The van der Waals surface area contributed by atoms with Crippen molar-refractivity contribution in [2.24, 2.45) is 0 Å². The number of carboxylic acids is 1. The molecule has 0 amide bonds. The van der Waals surface area contributed by atoms with Gasteiger partial charge in [0, 0.05) is 11.9 Å². The lowest BCUT2D eigenvalue weighted by atomic mass is 10.2. The molecule has 0 saturated carbocycles. The lowest BCUT2D eigenvalue weighted by molar-refractivity contribution is 0.0697. The lowest BCUT2D eigenvalue weighted by Gasteiger charge is -2.07. The van der Waals surface area contributed by atoms with Crippen molar-refractivity contribution in [2.45, 2.75) is 23.9 Å². The molecule has 0 unspecified atom stereocenters. The Balaban J connectivity index is 2.38. The fourth-order valence-corrected chi connectivity index (χ4v) is 2.64. The van der Waals surface area contributed by atoms with Gasteiger partial charge in [0.1, 0.15) is 10.1 Å². The predicted molar refractivity (Wildman–Crippen MR) is 73.4 cm³/mol. The van der Waals surface area contributed by atoms with Crippen LogP contribution in [0.4, 0.5) is 5.69 Å². The van der Waals surface area contributed by atoms with Gasteiger partial charge in [-0.2, -0.15) is 0 Å². The number of carbonyl (C=O) groups is 1. The van der Waals surface area contributed by atoms with Crippen LogP contribution in [0.1, 0.15) is 21.6 Å². The average Bonchev–Trinajstić information content (AvgIpc) is 2.30. The van der Waals surface area contributed by atoms with Gasteiger partial charge in [-0.1, -0.05) is 0 Å². The van der Waals surface area contributed by atoms with E-state index in [2.05, 4.69) is 9.97 Å². The number of nitrogens with two attached hydrogens (primary N) is 1. The minimum absolute atomic E-state index is 0.0573. The standard InChI is InChI=1S/C13H13N3O2S/c1-7-5-8(2)16-10(6-7)19-12-11(14)9(13(17)18)3-4-15-12/h3-6H,14H2,1-2H3,(H,17,18). The summed E-state index contributed by atoms with van der Waals surface area (Å²) in [6, 6.07) is 5.26. The molecule has 0 aliphatic heterocycles. The highest BCUT2D eigenvalue weighted by molar-refractivity contribution is 7.99. The van der Waals surface area contributed by atoms with Gasteiger partial charge in [0.2, 0.25) is 0 Å². The number of pyridine rings is 2. The number of nitrogen functional groups attached to an aromatic ring is 1. The highest BCUT2D eigenvalue weighted by atomic mass is 32.2. The van der Waals surface area contributed by atoms with Gasteiger partial charge in [-0.15, -0.1) is 0 Å². The molecule has 0 bridgehead atoms. The predicted octanol–water partition coefficient (Wildman–Crippen LogP) is 2.53. The SMILES string of the molecule is Cc1cc(C)nc(Sc2nccc(C(=O)O)c2N)c1. The van der Waals surface area contributed by atoms with Crippen LogP contribution in [0.5, 0.6) is 0 Å². The lowest BCUT2D eigenvalue weighted by Crippen LogP contribution is -2.04. The van der Waals surface area contributed by atoms with E-state index in [1.165, 1.54) is 24.0 Å². The number of hydrogen-bond acceptors (Lipinski definition) is 5. The molecule has 0 radical (unpaired) electrons. The molecule has 0 spiro atoms. The molecule has 2 aromatic rings. The summed E-state index contributed by atoms with van der Waals surface area (Å²) in [7, 11) is 0. The number of nitrogens with zero attached hydrogens (tertiary/aromatic N) is 2. The van der Waals surface area contributed by atoms with Crippen molar-refractivity contribution in [2.75, 3.05) is 5.73 Å². The Morgan fingerprint density at radius 3 is 2.74 bits per heavy atom. The molecule has 2 rings (SSSR count). The largest absolute Gasteiger partial charge is 0.478 e. The molecule has 0 atom stereocenters. The van der Waals surface area contributed by atoms with Gasteiger partial charge in [-0.25, -0.2) is 14.8 Å². The molecular weight excluding hydrogens is 262 g/mol. The first-order valence-corrected chi connectivity index (χ1v) is 6.40. The highest BCUT2D eigenvalue weighted by Gasteiger charge is 2.13. The first-order valence-electron chi connectivity index (χ1n) is 5.58. The van der Waals surface area contributed by atoms with Crippen LogP contribution in [-0.2, 0) is 0 Å². The van der Waals surface area contributed by atoms with Crippen LogP contribution in [0.3, 0.4) is 0 Å². The third-order valence-corrected chi connectivity index (χ3v) is 3.40. The Hall–Kier alpha value is -2.08. The van der Waals surface area contributed by atoms with Crippen molar-refractivity contribution in [3.8, 4) is 0 Å². The van der Waals surface area contributed by atoms with Gasteiger partial charge in [0.05, 0.1) is 11.3 Å². The maximum Gasteiger partial charge on any atom is 0.337 e. The summed E-state index contributed by atoms with van der Waals surface area (Å²) < 4.78 is 0. The van der Waals surface area contributed by atoms with Gasteiger partial charge in [-0.3, -0.25) is 0 Å². The number of hydrogen-bond donors (Lipinski definition) is 2. The number of rotatable bonds is 3. The molecule has 98 valence electrons. The molecule has 19 heavy (non-hydrogen) atoms. The molecule has 3 N–H and O–H groups in total. The number of aromatic nitrogens is 2. The Morgan fingerprint density at radius 1 is 1.37 bits per heavy atom. The third-order valence-electron chi connectivity index (χ3n) is 2.46. The normalized spacial score (nSPS) is 10.4. The minimum atomic E-state index is -1.06. The second-order valence-corrected chi connectivity index (χ2v) is 5.12. The Bertz CT molecular complexity index is 624. The van der Waals surface area contributed by atoms with E-state index in [4.69, 9.17) is 10.8 Å². The number of anilines is 1. The van der Waals surface area contributed by atoms with E-state index in [9.17, 15) is 4.79 Å². The number of aromatic carboxylic acids is 1. The third kappa shape index (κ3) is 3.03. The van der Waals surface area contributed by atoms with Gasteiger partial charge >= 0.3 is 5.97 Å². The van der Waals surface area contributed by atoms with Crippen LogP contribution in [0.2, 0.25) is 0 Å². The van der Waals surface area contributed by atoms with Gasteiger partial charge in [-0.05, 0) is 49.4 Å². The van der Waals surface area contributed by atoms with Crippen LogP contribution in [0, 0.1) is 13.8 Å². The zero-order valence-electron chi connectivity index (χ0n) is 10.5. The van der Waals surface area contributed by atoms with Crippen molar-refractivity contribution < 1.29 is 9.90 Å². The topological polar surface area (TPSA) is 89.1 Å². The summed E-state index contributed by atoms with van der Waals surface area (Å²) in [5.74, 6) is -1.06. The monoisotopic (exact) mass is 275 g/mol. The second kappa shape index (κ2) is 5.27. The van der Waals surface area contributed by atoms with E-state index >= 15 is 0 Å². The first-order chi connectivity index (χ1) is 8.97.